The maximum Gasteiger partial charge on any atom is 0.332 e. The molecule has 3 aromatic rings. The van der Waals surface area contributed by atoms with Crippen molar-refractivity contribution in [1.29, 1.82) is 0 Å². The normalized spacial score (nSPS) is 14.9. The van der Waals surface area contributed by atoms with Crippen LogP contribution >= 0.6 is 0 Å². The fourth-order valence-electron chi connectivity index (χ4n) is 3.96. The van der Waals surface area contributed by atoms with E-state index in [1.807, 2.05) is 6.07 Å². The third-order valence-corrected chi connectivity index (χ3v) is 5.73. The molecule has 0 spiro atoms. The molecule has 0 bridgehead atoms. The van der Waals surface area contributed by atoms with Crippen LogP contribution in [0.5, 0.6) is 0 Å². The summed E-state index contributed by atoms with van der Waals surface area (Å²) in [5.41, 5.74) is -0.173. The molecule has 2 N–H and O–H groups in total. The van der Waals surface area contributed by atoms with Crippen LogP contribution in [0.2, 0.25) is 0 Å². The number of rotatable bonds is 7. The van der Waals surface area contributed by atoms with Crippen LogP contribution in [-0.2, 0) is 27.1 Å². The number of hydrogen-bond donors (Lipinski definition) is 2. The van der Waals surface area contributed by atoms with Gasteiger partial charge in [0, 0.05) is 27.1 Å². The second kappa shape index (κ2) is 8.93. The first-order valence-electron chi connectivity index (χ1n) is 10.7. The van der Waals surface area contributed by atoms with Gasteiger partial charge in [-0.15, -0.1) is 0 Å². The molecule has 4 rings (SSSR count). The number of carbonyl (C=O) groups is 1. The average molecular weight is 428 g/mol. The molecule has 0 unspecified atom stereocenters. The Kier molecular flexibility index (Phi) is 6.08. The van der Waals surface area contributed by atoms with E-state index in [-0.39, 0.29) is 5.91 Å². The molecule has 3 aromatic heterocycles. The minimum atomic E-state index is -0.416. The Morgan fingerprint density at radius 1 is 1.16 bits per heavy atom. The number of carbonyl (C=O) groups excluding carboxylic acids is 1. The number of furan rings is 1. The Morgan fingerprint density at radius 3 is 2.71 bits per heavy atom. The summed E-state index contributed by atoms with van der Waals surface area (Å²) in [7, 11) is 3.02. The number of fused-ring (bicyclic) bond motifs is 1. The van der Waals surface area contributed by atoms with Gasteiger partial charge >= 0.3 is 5.69 Å². The molecule has 0 aliphatic carbocycles. The van der Waals surface area contributed by atoms with Gasteiger partial charge in [-0.3, -0.25) is 23.6 Å². The lowest BCUT2D eigenvalue weighted by atomic mass is 10.1. The van der Waals surface area contributed by atoms with Gasteiger partial charge in [-0.2, -0.15) is 0 Å². The van der Waals surface area contributed by atoms with Crippen LogP contribution in [0.3, 0.4) is 0 Å². The zero-order valence-corrected chi connectivity index (χ0v) is 17.9. The van der Waals surface area contributed by atoms with Gasteiger partial charge in [-0.1, -0.05) is 6.42 Å². The van der Waals surface area contributed by atoms with Crippen molar-refractivity contribution in [3.8, 4) is 0 Å². The van der Waals surface area contributed by atoms with E-state index in [0.717, 1.165) is 30.0 Å². The first kappa shape index (κ1) is 21.1. The SMILES string of the molecule is Cn1c(=O)c2[nH]c(CCCNC(=O)c3ccc(CN4CCCCC4)o3)nc2n(C)c1=O. The van der Waals surface area contributed by atoms with Gasteiger partial charge in [0.15, 0.2) is 11.4 Å². The Hall–Kier alpha value is -3.14. The third-order valence-electron chi connectivity index (χ3n) is 5.73. The monoisotopic (exact) mass is 428 g/mol. The van der Waals surface area contributed by atoms with Crippen molar-refractivity contribution in [2.75, 3.05) is 19.6 Å². The molecule has 1 aliphatic heterocycles. The van der Waals surface area contributed by atoms with Crippen molar-refractivity contribution in [2.24, 2.45) is 14.1 Å². The molecule has 31 heavy (non-hydrogen) atoms. The summed E-state index contributed by atoms with van der Waals surface area (Å²) >= 11 is 0. The Balaban J connectivity index is 1.29. The zero-order valence-electron chi connectivity index (χ0n) is 17.9. The number of H-pyrrole nitrogens is 1. The molecule has 0 saturated carbocycles. The van der Waals surface area contributed by atoms with E-state index >= 15 is 0 Å². The number of amides is 1. The Labute approximate surface area is 178 Å². The largest absolute Gasteiger partial charge is 0.455 e. The first-order chi connectivity index (χ1) is 14.9. The number of nitrogens with zero attached hydrogens (tertiary/aromatic N) is 4. The maximum atomic E-state index is 12.3. The quantitative estimate of drug-likeness (QED) is 0.540. The van der Waals surface area contributed by atoms with E-state index in [9.17, 15) is 14.4 Å². The van der Waals surface area contributed by atoms with Crippen LogP contribution in [0.1, 0.15) is 47.8 Å². The molecule has 1 fully saturated rings. The highest BCUT2D eigenvalue weighted by Gasteiger charge is 2.16. The van der Waals surface area contributed by atoms with E-state index in [4.69, 9.17) is 4.42 Å². The lowest BCUT2D eigenvalue weighted by Gasteiger charge is -2.25. The number of likely N-dealkylation sites (tertiary alicyclic amines) is 1. The Bertz CT molecular complexity index is 1190. The minimum absolute atomic E-state index is 0.245. The minimum Gasteiger partial charge on any atom is -0.455 e. The smallest absolute Gasteiger partial charge is 0.332 e. The Morgan fingerprint density at radius 2 is 1.94 bits per heavy atom. The van der Waals surface area contributed by atoms with Crippen molar-refractivity contribution >= 4 is 17.1 Å². The predicted molar refractivity (Wildman–Crippen MR) is 115 cm³/mol. The number of nitrogens with one attached hydrogen (secondary N) is 2. The molecular formula is C21H28N6O4. The van der Waals surface area contributed by atoms with Crippen molar-refractivity contribution in [3.63, 3.8) is 0 Å². The lowest BCUT2D eigenvalue weighted by molar-refractivity contribution is 0.0921. The van der Waals surface area contributed by atoms with E-state index in [2.05, 4.69) is 20.2 Å². The third kappa shape index (κ3) is 4.48. The van der Waals surface area contributed by atoms with Crippen LogP contribution in [0.15, 0.2) is 26.1 Å². The van der Waals surface area contributed by atoms with Gasteiger partial charge in [0.2, 0.25) is 0 Å². The average Bonchev–Trinajstić information content (AvgIpc) is 3.42. The van der Waals surface area contributed by atoms with Crippen LogP contribution < -0.4 is 16.6 Å². The topological polar surface area (TPSA) is 118 Å². The van der Waals surface area contributed by atoms with E-state index in [1.54, 1.807) is 13.1 Å². The number of hydrogen-bond acceptors (Lipinski definition) is 6. The maximum absolute atomic E-state index is 12.3. The summed E-state index contributed by atoms with van der Waals surface area (Å²) in [4.78, 5) is 46.3. The molecule has 0 atom stereocenters. The number of aromatic nitrogens is 4. The molecule has 1 amide bonds. The highest BCUT2D eigenvalue weighted by atomic mass is 16.4. The highest BCUT2D eigenvalue weighted by Crippen LogP contribution is 2.15. The molecular weight excluding hydrogens is 400 g/mol. The number of aryl methyl sites for hydroxylation is 2. The molecule has 4 heterocycles. The standard InChI is InChI=1S/C21H28N6O4/c1-25-18-17(20(29)26(2)21(25)30)23-16(24-18)7-6-10-22-19(28)15-9-8-14(31-15)13-27-11-4-3-5-12-27/h8-9H,3-7,10-13H2,1-2H3,(H,22,28)(H,23,24). The van der Waals surface area contributed by atoms with Crippen LogP contribution in [0.4, 0.5) is 0 Å². The highest BCUT2D eigenvalue weighted by molar-refractivity contribution is 5.91. The number of imidazole rings is 1. The first-order valence-corrected chi connectivity index (χ1v) is 10.7. The molecule has 1 saturated heterocycles. The van der Waals surface area contributed by atoms with E-state index in [1.165, 1.54) is 30.9 Å². The second-order valence-corrected chi connectivity index (χ2v) is 8.05. The molecule has 166 valence electrons. The number of aromatic amines is 1. The van der Waals surface area contributed by atoms with Crippen LogP contribution in [-0.4, -0.2) is 49.5 Å². The molecule has 0 aromatic carbocycles. The summed E-state index contributed by atoms with van der Waals surface area (Å²) in [6.45, 7) is 3.32. The molecule has 0 radical (unpaired) electrons. The summed E-state index contributed by atoms with van der Waals surface area (Å²) < 4.78 is 8.10. The summed E-state index contributed by atoms with van der Waals surface area (Å²) in [6.07, 6.45) is 4.87. The van der Waals surface area contributed by atoms with Gasteiger partial charge in [0.25, 0.3) is 11.5 Å². The molecule has 10 heteroatoms. The van der Waals surface area contributed by atoms with Gasteiger partial charge in [0.1, 0.15) is 17.1 Å². The van der Waals surface area contributed by atoms with Crippen LogP contribution in [0, 0.1) is 0 Å². The van der Waals surface area contributed by atoms with Crippen molar-refractivity contribution < 1.29 is 9.21 Å². The summed E-state index contributed by atoms with van der Waals surface area (Å²) in [5, 5.41) is 2.85. The van der Waals surface area contributed by atoms with E-state index in [0.29, 0.717) is 42.1 Å². The fourth-order valence-corrected chi connectivity index (χ4v) is 3.96. The van der Waals surface area contributed by atoms with Crippen molar-refractivity contribution in [1.82, 2.24) is 29.3 Å². The lowest BCUT2D eigenvalue weighted by Crippen LogP contribution is -2.36. The van der Waals surface area contributed by atoms with Gasteiger partial charge in [-0.25, -0.2) is 9.78 Å². The number of piperidine rings is 1. The fraction of sp³-hybridized carbons (Fsp3) is 0.524. The van der Waals surface area contributed by atoms with Crippen molar-refractivity contribution in [2.45, 2.75) is 38.6 Å². The predicted octanol–water partition coefficient (Wildman–Crippen LogP) is 0.902. The van der Waals surface area contributed by atoms with Gasteiger partial charge in [0.05, 0.1) is 6.54 Å². The van der Waals surface area contributed by atoms with Crippen molar-refractivity contribution in [3.05, 3.63) is 50.3 Å². The summed E-state index contributed by atoms with van der Waals surface area (Å²) in [6, 6.07) is 3.58. The zero-order chi connectivity index (χ0) is 22.0. The molecule has 10 nitrogen and oxygen atoms in total. The summed E-state index contributed by atoms with van der Waals surface area (Å²) in [5.74, 6) is 1.48. The van der Waals surface area contributed by atoms with E-state index < -0.39 is 11.2 Å². The van der Waals surface area contributed by atoms with Crippen LogP contribution in [0.25, 0.3) is 11.2 Å². The van der Waals surface area contributed by atoms with Gasteiger partial charge in [-0.05, 0) is 44.5 Å². The van der Waals surface area contributed by atoms with Gasteiger partial charge < -0.3 is 14.7 Å². The molecule has 1 aliphatic rings. The second-order valence-electron chi connectivity index (χ2n) is 8.05.